The standard InChI is InChI=1S/C38H44FN9O4/c1-4-5-20-51-37(50)45-16-18-47(19-17-45)38(2,3)22-26(23-40)36(49)46-15-9-10-27(24-46)48-35-32(34(41)42-25-43-35)33(44-48)30-14-13-29(21-31(30)39)52-28-11-7-6-8-12-28/h6-8,11-14,21-22,25,27H,4-5,9-10,15-20,24H2,1-3H3,(H2,41,42,43)/b26-22+. The Kier molecular flexibility index (Phi) is 11.0. The Balaban J connectivity index is 1.19. The van der Waals surface area contributed by atoms with E-state index in [0.717, 1.165) is 12.8 Å². The summed E-state index contributed by atoms with van der Waals surface area (Å²) < 4.78 is 28.6. The number of nitrogens with zero attached hydrogens (tertiary/aromatic N) is 8. The van der Waals surface area contributed by atoms with Crippen molar-refractivity contribution in [1.82, 2.24) is 34.4 Å². The minimum absolute atomic E-state index is 0.0459. The fraction of sp³-hybridized carbons (Fsp3) is 0.421. The van der Waals surface area contributed by atoms with Gasteiger partial charge in [0.2, 0.25) is 0 Å². The zero-order valence-corrected chi connectivity index (χ0v) is 29.8. The minimum atomic E-state index is -0.624. The molecule has 4 aromatic rings. The lowest BCUT2D eigenvalue weighted by Gasteiger charge is -2.42. The van der Waals surface area contributed by atoms with Gasteiger partial charge >= 0.3 is 6.09 Å². The summed E-state index contributed by atoms with van der Waals surface area (Å²) in [7, 11) is 0. The van der Waals surface area contributed by atoms with Crippen molar-refractivity contribution in [2.24, 2.45) is 0 Å². The third-order valence-corrected chi connectivity index (χ3v) is 9.65. The normalized spacial score (nSPS) is 17.2. The molecule has 2 aliphatic rings. The molecule has 52 heavy (non-hydrogen) atoms. The number of nitrogens with two attached hydrogens (primary N) is 1. The lowest BCUT2D eigenvalue weighted by atomic mass is 9.96. The van der Waals surface area contributed by atoms with Gasteiger partial charge in [-0.3, -0.25) is 9.69 Å². The molecular weight excluding hydrogens is 665 g/mol. The van der Waals surface area contributed by atoms with E-state index in [4.69, 9.17) is 20.3 Å². The van der Waals surface area contributed by atoms with Gasteiger partial charge in [0.15, 0.2) is 5.65 Å². The van der Waals surface area contributed by atoms with E-state index in [0.29, 0.717) is 74.7 Å². The summed E-state index contributed by atoms with van der Waals surface area (Å²) in [6.07, 6.45) is 5.87. The zero-order chi connectivity index (χ0) is 36.8. The van der Waals surface area contributed by atoms with Crippen LogP contribution >= 0.6 is 0 Å². The van der Waals surface area contributed by atoms with Crippen LogP contribution in [-0.4, -0.2) is 97.9 Å². The Bertz CT molecular complexity index is 1980. The molecule has 2 amide bonds. The Morgan fingerprint density at radius 3 is 2.54 bits per heavy atom. The maximum Gasteiger partial charge on any atom is 0.409 e. The van der Waals surface area contributed by atoms with Gasteiger partial charge in [0, 0.05) is 56.4 Å². The number of hydrogen-bond acceptors (Lipinski definition) is 10. The lowest BCUT2D eigenvalue weighted by molar-refractivity contribution is -0.128. The molecule has 1 unspecified atom stereocenters. The summed E-state index contributed by atoms with van der Waals surface area (Å²) in [5.41, 5.74) is 6.68. The number of unbranched alkanes of at least 4 members (excludes halogenated alkanes) is 1. The minimum Gasteiger partial charge on any atom is -0.457 e. The van der Waals surface area contributed by atoms with Crippen LogP contribution in [0.4, 0.5) is 15.0 Å². The number of halogens is 1. The van der Waals surface area contributed by atoms with Crippen LogP contribution in [0.2, 0.25) is 0 Å². The van der Waals surface area contributed by atoms with Crippen LogP contribution in [0.5, 0.6) is 11.5 Å². The maximum absolute atomic E-state index is 15.7. The van der Waals surface area contributed by atoms with Crippen molar-refractivity contribution in [3.8, 4) is 28.8 Å². The topological polar surface area (TPSA) is 156 Å². The van der Waals surface area contributed by atoms with Gasteiger partial charge in [-0.1, -0.05) is 31.5 Å². The molecule has 272 valence electrons. The van der Waals surface area contributed by atoms with E-state index in [1.165, 1.54) is 12.4 Å². The molecule has 6 rings (SSSR count). The van der Waals surface area contributed by atoms with Crippen molar-refractivity contribution in [3.05, 3.63) is 72.3 Å². The molecule has 2 aliphatic heterocycles. The molecule has 0 radical (unpaired) electrons. The number of aromatic nitrogens is 4. The SMILES string of the molecule is CCCCOC(=O)N1CCN(C(C)(C)/C=C(\C#N)C(=O)N2CCCC(n3nc(-c4ccc(Oc5ccccc5)cc4F)c4c(N)ncnc43)C2)CC1. The van der Waals surface area contributed by atoms with Crippen molar-refractivity contribution in [2.45, 2.75) is 58.0 Å². The van der Waals surface area contributed by atoms with Gasteiger partial charge < -0.3 is 25.0 Å². The first-order valence-corrected chi connectivity index (χ1v) is 17.7. The monoisotopic (exact) mass is 709 g/mol. The second kappa shape index (κ2) is 15.8. The first-order chi connectivity index (χ1) is 25.1. The molecule has 1 atom stereocenters. The van der Waals surface area contributed by atoms with Crippen molar-refractivity contribution < 1.29 is 23.5 Å². The largest absolute Gasteiger partial charge is 0.457 e. The van der Waals surface area contributed by atoms with E-state index in [1.807, 2.05) is 39.0 Å². The van der Waals surface area contributed by atoms with Gasteiger partial charge in [0.25, 0.3) is 5.91 Å². The van der Waals surface area contributed by atoms with Crippen LogP contribution in [0.1, 0.15) is 52.5 Å². The van der Waals surface area contributed by atoms with Crippen molar-refractivity contribution in [3.63, 3.8) is 0 Å². The number of carbonyl (C=O) groups is 2. The molecule has 2 aromatic heterocycles. The van der Waals surface area contributed by atoms with E-state index in [-0.39, 0.29) is 47.2 Å². The quantitative estimate of drug-likeness (QED) is 0.119. The summed E-state index contributed by atoms with van der Waals surface area (Å²) in [6.45, 7) is 9.26. The molecule has 2 fully saturated rings. The van der Waals surface area contributed by atoms with Gasteiger partial charge in [-0.15, -0.1) is 0 Å². The Labute approximate surface area is 302 Å². The summed E-state index contributed by atoms with van der Waals surface area (Å²) in [4.78, 5) is 40.5. The number of ether oxygens (including phenoxy) is 2. The van der Waals surface area contributed by atoms with Crippen LogP contribution in [-0.2, 0) is 9.53 Å². The molecular formula is C38H44FN9O4. The lowest BCUT2D eigenvalue weighted by Crippen LogP contribution is -2.55. The van der Waals surface area contributed by atoms with Crippen molar-refractivity contribution in [1.29, 1.82) is 5.26 Å². The number of likely N-dealkylation sites (tertiary alicyclic amines) is 1. The molecule has 0 aliphatic carbocycles. The first-order valence-electron chi connectivity index (χ1n) is 17.7. The van der Waals surface area contributed by atoms with Crippen LogP contribution in [0.3, 0.4) is 0 Å². The highest BCUT2D eigenvalue weighted by atomic mass is 19.1. The molecule has 4 heterocycles. The number of hydrogen-bond donors (Lipinski definition) is 1. The van der Waals surface area contributed by atoms with E-state index >= 15 is 4.39 Å². The zero-order valence-electron chi connectivity index (χ0n) is 29.8. The summed E-state index contributed by atoms with van der Waals surface area (Å²) >= 11 is 0. The predicted molar refractivity (Wildman–Crippen MR) is 194 cm³/mol. The number of carbonyl (C=O) groups excluding carboxylic acids is 2. The van der Waals surface area contributed by atoms with Crippen molar-refractivity contribution in [2.75, 3.05) is 51.6 Å². The number of piperidine rings is 1. The molecule has 2 N–H and O–H groups in total. The summed E-state index contributed by atoms with van der Waals surface area (Å²) in [5, 5.41) is 15.4. The number of anilines is 1. The fourth-order valence-corrected chi connectivity index (χ4v) is 6.77. The summed E-state index contributed by atoms with van der Waals surface area (Å²) in [5.74, 6) is 0.143. The first kappa shape index (κ1) is 36.2. The van der Waals surface area contributed by atoms with E-state index < -0.39 is 11.4 Å². The van der Waals surface area contributed by atoms with Crippen LogP contribution < -0.4 is 10.5 Å². The van der Waals surface area contributed by atoms with Gasteiger partial charge in [-0.05, 0) is 63.5 Å². The van der Waals surface area contributed by atoms with Crippen LogP contribution in [0.15, 0.2) is 66.5 Å². The third kappa shape index (κ3) is 7.84. The number of benzene rings is 2. The third-order valence-electron chi connectivity index (χ3n) is 9.65. The molecule has 2 saturated heterocycles. The molecule has 14 heteroatoms. The van der Waals surface area contributed by atoms with Gasteiger partial charge in [0.05, 0.1) is 18.0 Å². The molecule has 0 saturated carbocycles. The Morgan fingerprint density at radius 1 is 1.06 bits per heavy atom. The average molecular weight is 710 g/mol. The second-order valence-corrected chi connectivity index (χ2v) is 13.6. The number of fused-ring (bicyclic) bond motifs is 1. The van der Waals surface area contributed by atoms with Gasteiger partial charge in [0.1, 0.15) is 46.8 Å². The van der Waals surface area contributed by atoms with Gasteiger partial charge in [-0.25, -0.2) is 23.8 Å². The number of amides is 2. The highest BCUT2D eigenvalue weighted by molar-refractivity contribution is 5.99. The van der Waals surface area contributed by atoms with E-state index in [2.05, 4.69) is 20.9 Å². The number of nitrogen functional groups attached to an aromatic ring is 1. The molecule has 2 aromatic carbocycles. The maximum atomic E-state index is 15.7. The highest BCUT2D eigenvalue weighted by Gasteiger charge is 2.34. The Hall–Kier alpha value is -5.55. The van der Waals surface area contributed by atoms with E-state index in [1.54, 1.807) is 44.8 Å². The van der Waals surface area contributed by atoms with E-state index in [9.17, 15) is 14.9 Å². The highest BCUT2D eigenvalue weighted by Crippen LogP contribution is 2.36. The van der Waals surface area contributed by atoms with Gasteiger partial charge in [-0.2, -0.15) is 10.4 Å². The molecule has 0 bridgehead atoms. The number of nitriles is 1. The number of piperazine rings is 1. The fourth-order valence-electron chi connectivity index (χ4n) is 6.77. The molecule has 0 spiro atoms. The summed E-state index contributed by atoms with van der Waals surface area (Å²) in [6, 6.07) is 15.5. The average Bonchev–Trinajstić information content (AvgIpc) is 3.55. The second-order valence-electron chi connectivity index (χ2n) is 13.6. The van der Waals surface area contributed by atoms with Crippen LogP contribution in [0.25, 0.3) is 22.3 Å². The predicted octanol–water partition coefficient (Wildman–Crippen LogP) is 5.95. The Morgan fingerprint density at radius 2 is 1.83 bits per heavy atom. The number of para-hydroxylation sites is 1. The van der Waals surface area contributed by atoms with Crippen molar-refractivity contribution >= 4 is 28.9 Å². The van der Waals surface area contributed by atoms with Crippen LogP contribution in [0, 0.1) is 17.1 Å². The smallest absolute Gasteiger partial charge is 0.409 e. The molecule has 13 nitrogen and oxygen atoms in total. The number of rotatable bonds is 10.